The summed E-state index contributed by atoms with van der Waals surface area (Å²) in [4.78, 5) is 12.1. The summed E-state index contributed by atoms with van der Waals surface area (Å²) < 4.78 is 10.6. The predicted molar refractivity (Wildman–Crippen MR) is 80.5 cm³/mol. The van der Waals surface area contributed by atoms with Gasteiger partial charge >= 0.3 is 5.63 Å². The van der Waals surface area contributed by atoms with E-state index < -0.39 is 10.6 Å². The van der Waals surface area contributed by atoms with E-state index in [1.807, 2.05) is 18.2 Å². The van der Waals surface area contributed by atoms with Crippen molar-refractivity contribution in [1.82, 2.24) is 0 Å². The molecule has 2 aromatic rings. The lowest BCUT2D eigenvalue weighted by atomic mass is 10.1. The highest BCUT2D eigenvalue weighted by molar-refractivity contribution is 9.09. The number of hydrogen-bond donors (Lipinski definition) is 0. The zero-order valence-electron chi connectivity index (χ0n) is 10.6. The molecule has 1 unspecified atom stereocenters. The fourth-order valence-corrected chi connectivity index (χ4v) is 2.47. The first-order valence-corrected chi connectivity index (χ1v) is 6.96. The number of fused-ring (bicyclic) bond motifs is 1. The van der Waals surface area contributed by atoms with Gasteiger partial charge in [0.05, 0.1) is 11.6 Å². The van der Waals surface area contributed by atoms with Crippen LogP contribution < -0.4 is 5.63 Å². The Kier molecular flexibility index (Phi) is 3.54. The zero-order valence-corrected chi connectivity index (χ0v) is 12.2. The molecule has 1 aromatic heterocycles. The average Bonchev–Trinajstić information content (AvgIpc) is 2.47. The molecule has 1 aliphatic rings. The van der Waals surface area contributed by atoms with Gasteiger partial charge in [-0.3, -0.25) is 0 Å². The maximum atomic E-state index is 12.1. The SMILES string of the molecule is N#CCC1=NN=C(c2cc3ccccc3oc2=O)C(Br)O1. The lowest BCUT2D eigenvalue weighted by molar-refractivity contribution is 0.325. The van der Waals surface area contributed by atoms with Crippen LogP contribution in [-0.4, -0.2) is 16.6 Å². The molecule has 0 saturated carbocycles. The lowest BCUT2D eigenvalue weighted by Crippen LogP contribution is -2.29. The number of hydrogen-bond acceptors (Lipinski definition) is 6. The molecule has 0 N–H and O–H groups in total. The van der Waals surface area contributed by atoms with Crippen LogP contribution in [0.3, 0.4) is 0 Å². The molecular weight excluding hydrogens is 338 g/mol. The molecule has 3 rings (SSSR count). The van der Waals surface area contributed by atoms with Gasteiger partial charge in [-0.2, -0.15) is 5.26 Å². The molecule has 0 spiro atoms. The Morgan fingerprint density at radius 3 is 2.90 bits per heavy atom. The molecule has 21 heavy (non-hydrogen) atoms. The fraction of sp³-hybridized carbons (Fsp3) is 0.143. The molecule has 0 saturated heterocycles. The first kappa shape index (κ1) is 13.5. The molecule has 0 fully saturated rings. The van der Waals surface area contributed by atoms with Gasteiger partial charge in [-0.05, 0) is 28.1 Å². The third-order valence-electron chi connectivity index (χ3n) is 2.87. The van der Waals surface area contributed by atoms with Gasteiger partial charge in [0.2, 0.25) is 5.90 Å². The molecule has 7 heteroatoms. The van der Waals surface area contributed by atoms with Crippen LogP contribution in [0.1, 0.15) is 12.0 Å². The van der Waals surface area contributed by atoms with Gasteiger partial charge in [-0.1, -0.05) is 18.2 Å². The molecule has 2 heterocycles. The van der Waals surface area contributed by atoms with Crippen LogP contribution in [0.25, 0.3) is 11.0 Å². The normalized spacial score (nSPS) is 17.6. The Hall–Kier alpha value is -2.46. The van der Waals surface area contributed by atoms with Crippen molar-refractivity contribution in [3.63, 3.8) is 0 Å². The summed E-state index contributed by atoms with van der Waals surface area (Å²) in [5.41, 5.74) is 0.578. The highest BCUT2D eigenvalue weighted by atomic mass is 79.9. The monoisotopic (exact) mass is 345 g/mol. The number of benzene rings is 1. The van der Waals surface area contributed by atoms with Gasteiger partial charge in [0.25, 0.3) is 0 Å². The van der Waals surface area contributed by atoms with Crippen molar-refractivity contribution in [2.24, 2.45) is 10.2 Å². The summed E-state index contributed by atoms with van der Waals surface area (Å²) >= 11 is 3.28. The van der Waals surface area contributed by atoms with Crippen LogP contribution >= 0.6 is 15.9 Å². The summed E-state index contributed by atoms with van der Waals surface area (Å²) in [7, 11) is 0. The second-order valence-electron chi connectivity index (χ2n) is 4.23. The molecule has 0 aliphatic carbocycles. The van der Waals surface area contributed by atoms with Crippen molar-refractivity contribution in [2.75, 3.05) is 0 Å². The third kappa shape index (κ3) is 2.58. The van der Waals surface area contributed by atoms with Crippen LogP contribution in [0, 0.1) is 11.3 Å². The molecular formula is C14H8BrN3O3. The van der Waals surface area contributed by atoms with Crippen LogP contribution in [0.2, 0.25) is 0 Å². The smallest absolute Gasteiger partial charge is 0.345 e. The summed E-state index contributed by atoms with van der Waals surface area (Å²) in [6.07, 6.45) is 0.0191. The van der Waals surface area contributed by atoms with Crippen molar-refractivity contribution < 1.29 is 9.15 Å². The summed E-state index contributed by atoms with van der Waals surface area (Å²) in [5.74, 6) is 0.202. The second-order valence-corrected chi connectivity index (χ2v) is 5.06. The van der Waals surface area contributed by atoms with E-state index >= 15 is 0 Å². The van der Waals surface area contributed by atoms with E-state index in [2.05, 4.69) is 26.1 Å². The Morgan fingerprint density at radius 2 is 2.14 bits per heavy atom. The van der Waals surface area contributed by atoms with Crippen LogP contribution in [0.4, 0.5) is 0 Å². The van der Waals surface area contributed by atoms with E-state index in [1.54, 1.807) is 18.2 Å². The second kappa shape index (κ2) is 5.50. The van der Waals surface area contributed by atoms with E-state index in [1.165, 1.54) is 0 Å². The van der Waals surface area contributed by atoms with Gasteiger partial charge in [-0.25, -0.2) is 4.79 Å². The Balaban J connectivity index is 2.10. The van der Waals surface area contributed by atoms with Gasteiger partial charge < -0.3 is 9.15 Å². The quantitative estimate of drug-likeness (QED) is 0.618. The standard InChI is InChI=1S/C14H8BrN3O3/c15-13-12(18-17-11(21-13)5-6-16)9-7-8-3-1-2-4-10(8)20-14(9)19/h1-4,7,13H,5H2. The minimum Gasteiger partial charge on any atom is -0.457 e. The Labute approximate surface area is 127 Å². The number of alkyl halides is 1. The Morgan fingerprint density at radius 1 is 1.33 bits per heavy atom. The largest absolute Gasteiger partial charge is 0.457 e. The first-order chi connectivity index (χ1) is 10.2. The van der Waals surface area contributed by atoms with E-state index in [0.717, 1.165) is 5.39 Å². The molecule has 0 bridgehead atoms. The molecule has 6 nitrogen and oxygen atoms in total. The van der Waals surface area contributed by atoms with Crippen molar-refractivity contribution in [3.8, 4) is 6.07 Å². The predicted octanol–water partition coefficient (Wildman–Crippen LogP) is 2.56. The maximum absolute atomic E-state index is 12.1. The van der Waals surface area contributed by atoms with Gasteiger partial charge in [-0.15, -0.1) is 10.2 Å². The highest BCUT2D eigenvalue weighted by Gasteiger charge is 2.25. The van der Waals surface area contributed by atoms with Crippen LogP contribution in [0.15, 0.2) is 49.7 Å². The van der Waals surface area contributed by atoms with Crippen LogP contribution in [-0.2, 0) is 4.74 Å². The summed E-state index contributed by atoms with van der Waals surface area (Å²) in [6.45, 7) is 0. The van der Waals surface area contributed by atoms with E-state index in [0.29, 0.717) is 11.3 Å². The van der Waals surface area contributed by atoms with E-state index in [4.69, 9.17) is 14.4 Å². The van der Waals surface area contributed by atoms with E-state index in [-0.39, 0.29) is 17.9 Å². The topological polar surface area (TPSA) is 88.0 Å². The molecule has 0 amide bonds. The average molecular weight is 346 g/mol. The van der Waals surface area contributed by atoms with Gasteiger partial charge in [0.1, 0.15) is 17.7 Å². The van der Waals surface area contributed by atoms with Crippen LogP contribution in [0.5, 0.6) is 0 Å². The maximum Gasteiger partial charge on any atom is 0.345 e. The molecule has 104 valence electrons. The first-order valence-electron chi connectivity index (χ1n) is 6.04. The fourth-order valence-electron chi connectivity index (χ4n) is 1.92. The lowest BCUT2D eigenvalue weighted by Gasteiger charge is -2.17. The molecule has 0 radical (unpaired) electrons. The van der Waals surface area contributed by atoms with Crippen molar-refractivity contribution >= 4 is 38.5 Å². The Bertz CT molecular complexity index is 864. The van der Waals surface area contributed by atoms with Gasteiger partial charge in [0, 0.05) is 5.39 Å². The number of para-hydroxylation sites is 1. The number of nitrogens with zero attached hydrogens (tertiary/aromatic N) is 3. The van der Waals surface area contributed by atoms with E-state index in [9.17, 15) is 4.79 Å². The van der Waals surface area contributed by atoms with Crippen molar-refractivity contribution in [3.05, 3.63) is 46.3 Å². The molecule has 1 aromatic carbocycles. The summed E-state index contributed by atoms with van der Waals surface area (Å²) in [5, 5.41) is 16.5. The minimum absolute atomic E-state index is 0.0191. The van der Waals surface area contributed by atoms with Crippen molar-refractivity contribution in [2.45, 2.75) is 11.4 Å². The highest BCUT2D eigenvalue weighted by Crippen LogP contribution is 2.19. The molecule has 1 aliphatic heterocycles. The molecule has 1 atom stereocenters. The number of rotatable bonds is 2. The number of halogens is 1. The van der Waals surface area contributed by atoms with Gasteiger partial charge in [0.15, 0.2) is 5.01 Å². The van der Waals surface area contributed by atoms with Crippen molar-refractivity contribution in [1.29, 1.82) is 5.26 Å². The third-order valence-corrected chi connectivity index (χ3v) is 3.49. The summed E-state index contributed by atoms with van der Waals surface area (Å²) in [6, 6.07) is 10.8. The number of ether oxygens (including phenoxy) is 1. The zero-order chi connectivity index (χ0) is 14.8. The number of nitriles is 1. The minimum atomic E-state index is -0.651.